The Morgan fingerprint density at radius 3 is 2.23 bits per heavy atom. The molecule has 2 aliphatic heterocycles. The van der Waals surface area contributed by atoms with Gasteiger partial charge in [0.15, 0.2) is 0 Å². The van der Waals surface area contributed by atoms with Gasteiger partial charge < -0.3 is 14.4 Å². The molecule has 1 unspecified atom stereocenters. The van der Waals surface area contributed by atoms with E-state index in [4.69, 9.17) is 9.47 Å². The van der Waals surface area contributed by atoms with E-state index in [0.717, 1.165) is 63.5 Å². The highest BCUT2D eigenvalue weighted by atomic mass is 16.5. The van der Waals surface area contributed by atoms with E-state index in [1.807, 2.05) is 30.3 Å². The maximum Gasteiger partial charge on any atom is 0.223 e. The molecule has 5 heteroatoms. The SMILES string of the molecule is COc1ccc(C(CC(=O)N2CCC(N3CCOCC3)CC2)c2ccccc2)cc1. The second kappa shape index (κ2) is 10.1. The zero-order valence-corrected chi connectivity index (χ0v) is 17.8. The number of carbonyl (C=O) groups excluding carboxylic acids is 1. The molecule has 0 radical (unpaired) electrons. The number of benzene rings is 2. The topological polar surface area (TPSA) is 42.0 Å². The summed E-state index contributed by atoms with van der Waals surface area (Å²) >= 11 is 0. The van der Waals surface area contributed by atoms with E-state index in [-0.39, 0.29) is 11.8 Å². The Kier molecular flexibility index (Phi) is 7.03. The second-order valence-corrected chi connectivity index (χ2v) is 8.20. The third-order valence-corrected chi connectivity index (χ3v) is 6.48. The van der Waals surface area contributed by atoms with Gasteiger partial charge in [0.25, 0.3) is 0 Å². The number of carbonyl (C=O) groups is 1. The summed E-state index contributed by atoms with van der Waals surface area (Å²) in [6.07, 6.45) is 2.62. The van der Waals surface area contributed by atoms with Gasteiger partial charge in [-0.3, -0.25) is 9.69 Å². The highest BCUT2D eigenvalue weighted by molar-refractivity contribution is 5.78. The lowest BCUT2D eigenvalue weighted by molar-refractivity contribution is -0.133. The van der Waals surface area contributed by atoms with Crippen LogP contribution in [0.4, 0.5) is 0 Å². The van der Waals surface area contributed by atoms with E-state index in [0.29, 0.717) is 12.5 Å². The first kappa shape index (κ1) is 20.9. The van der Waals surface area contributed by atoms with Crippen LogP contribution in [-0.4, -0.2) is 68.3 Å². The van der Waals surface area contributed by atoms with Gasteiger partial charge in [-0.2, -0.15) is 0 Å². The molecule has 0 bridgehead atoms. The van der Waals surface area contributed by atoms with Gasteiger partial charge in [0.05, 0.1) is 20.3 Å². The number of amides is 1. The van der Waals surface area contributed by atoms with E-state index in [9.17, 15) is 4.79 Å². The average Bonchev–Trinajstić information content (AvgIpc) is 2.84. The number of morpholine rings is 1. The summed E-state index contributed by atoms with van der Waals surface area (Å²) in [5.41, 5.74) is 2.33. The molecule has 0 saturated carbocycles. The third kappa shape index (κ3) is 5.02. The summed E-state index contributed by atoms with van der Waals surface area (Å²) in [5.74, 6) is 1.14. The molecule has 0 aromatic heterocycles. The second-order valence-electron chi connectivity index (χ2n) is 8.20. The highest BCUT2D eigenvalue weighted by Crippen LogP contribution is 2.30. The average molecular weight is 409 g/mol. The van der Waals surface area contributed by atoms with Crippen LogP contribution < -0.4 is 4.74 Å². The van der Waals surface area contributed by atoms with Gasteiger partial charge in [0, 0.05) is 44.6 Å². The van der Waals surface area contributed by atoms with Gasteiger partial charge in [0.2, 0.25) is 5.91 Å². The van der Waals surface area contributed by atoms with Crippen LogP contribution in [0.5, 0.6) is 5.75 Å². The van der Waals surface area contributed by atoms with Crippen molar-refractivity contribution in [2.24, 2.45) is 0 Å². The Morgan fingerprint density at radius 1 is 0.967 bits per heavy atom. The molecular weight excluding hydrogens is 376 g/mol. The van der Waals surface area contributed by atoms with E-state index < -0.39 is 0 Å². The van der Waals surface area contributed by atoms with Crippen molar-refractivity contribution in [3.8, 4) is 5.75 Å². The summed E-state index contributed by atoms with van der Waals surface area (Å²) in [6.45, 7) is 5.41. The van der Waals surface area contributed by atoms with Gasteiger partial charge in [0.1, 0.15) is 5.75 Å². The predicted molar refractivity (Wildman–Crippen MR) is 118 cm³/mol. The number of likely N-dealkylation sites (tertiary alicyclic amines) is 1. The van der Waals surface area contributed by atoms with Crippen molar-refractivity contribution in [3.63, 3.8) is 0 Å². The van der Waals surface area contributed by atoms with Gasteiger partial charge in [-0.15, -0.1) is 0 Å². The van der Waals surface area contributed by atoms with Crippen LogP contribution in [0, 0.1) is 0 Å². The van der Waals surface area contributed by atoms with Gasteiger partial charge >= 0.3 is 0 Å². The maximum atomic E-state index is 13.2. The van der Waals surface area contributed by atoms with Crippen LogP contribution in [0.3, 0.4) is 0 Å². The first-order valence-corrected chi connectivity index (χ1v) is 11.0. The van der Waals surface area contributed by atoms with Crippen molar-refractivity contribution in [2.45, 2.75) is 31.2 Å². The molecule has 1 atom stereocenters. The number of hydrogen-bond donors (Lipinski definition) is 0. The number of rotatable bonds is 6. The molecule has 160 valence electrons. The Balaban J connectivity index is 1.42. The van der Waals surface area contributed by atoms with Crippen LogP contribution in [0.2, 0.25) is 0 Å². The number of methoxy groups -OCH3 is 1. The molecule has 1 amide bonds. The summed E-state index contributed by atoms with van der Waals surface area (Å²) in [6, 6.07) is 19.0. The van der Waals surface area contributed by atoms with Crippen LogP contribution in [0.25, 0.3) is 0 Å². The normalized spacial score (nSPS) is 19.4. The van der Waals surface area contributed by atoms with E-state index >= 15 is 0 Å². The van der Waals surface area contributed by atoms with Crippen LogP contribution in [0.1, 0.15) is 36.3 Å². The lowest BCUT2D eigenvalue weighted by atomic mass is 9.87. The zero-order valence-electron chi connectivity index (χ0n) is 17.8. The summed E-state index contributed by atoms with van der Waals surface area (Å²) in [4.78, 5) is 17.8. The summed E-state index contributed by atoms with van der Waals surface area (Å²) < 4.78 is 10.8. The Labute approximate surface area is 179 Å². The maximum absolute atomic E-state index is 13.2. The fraction of sp³-hybridized carbons (Fsp3) is 0.480. The van der Waals surface area contributed by atoms with Crippen LogP contribution in [0.15, 0.2) is 54.6 Å². The molecule has 2 aliphatic rings. The van der Waals surface area contributed by atoms with Gasteiger partial charge in [-0.1, -0.05) is 42.5 Å². The quantitative estimate of drug-likeness (QED) is 0.733. The van der Waals surface area contributed by atoms with Crippen molar-refractivity contribution in [2.75, 3.05) is 46.5 Å². The van der Waals surface area contributed by atoms with Crippen LogP contribution in [-0.2, 0) is 9.53 Å². The first-order valence-electron chi connectivity index (χ1n) is 11.0. The number of hydrogen-bond acceptors (Lipinski definition) is 4. The van der Waals surface area contributed by atoms with Crippen LogP contribution >= 0.6 is 0 Å². The van der Waals surface area contributed by atoms with Gasteiger partial charge in [-0.05, 0) is 36.1 Å². The molecule has 4 rings (SSSR count). The Hall–Kier alpha value is -2.37. The summed E-state index contributed by atoms with van der Waals surface area (Å²) in [5, 5.41) is 0. The van der Waals surface area contributed by atoms with Crippen molar-refractivity contribution >= 4 is 5.91 Å². The smallest absolute Gasteiger partial charge is 0.223 e. The largest absolute Gasteiger partial charge is 0.497 e. The zero-order chi connectivity index (χ0) is 20.8. The van der Waals surface area contributed by atoms with Gasteiger partial charge in [-0.25, -0.2) is 0 Å². The molecule has 2 saturated heterocycles. The molecule has 2 aromatic rings. The molecule has 2 fully saturated rings. The standard InChI is InChI=1S/C25H32N2O3/c1-29-23-9-7-21(8-10-23)24(20-5-3-2-4-6-20)19-25(28)27-13-11-22(12-14-27)26-15-17-30-18-16-26/h2-10,22,24H,11-19H2,1H3. The van der Waals surface area contributed by atoms with E-state index in [1.165, 1.54) is 5.56 Å². The predicted octanol–water partition coefficient (Wildman–Crippen LogP) is 3.54. The molecular formula is C25H32N2O3. The Morgan fingerprint density at radius 2 is 1.60 bits per heavy atom. The molecule has 0 spiro atoms. The van der Waals surface area contributed by atoms with Crippen molar-refractivity contribution in [1.82, 2.24) is 9.80 Å². The lowest BCUT2D eigenvalue weighted by Crippen LogP contribution is -2.50. The summed E-state index contributed by atoms with van der Waals surface area (Å²) in [7, 11) is 1.67. The molecule has 2 aromatic carbocycles. The molecule has 2 heterocycles. The fourth-order valence-corrected chi connectivity index (χ4v) is 4.68. The number of nitrogens with zero attached hydrogens (tertiary/aromatic N) is 2. The minimum absolute atomic E-state index is 0.0570. The molecule has 5 nitrogen and oxygen atoms in total. The van der Waals surface area contributed by atoms with Crippen molar-refractivity contribution < 1.29 is 14.3 Å². The first-order chi connectivity index (χ1) is 14.7. The molecule has 0 N–H and O–H groups in total. The minimum Gasteiger partial charge on any atom is -0.497 e. The third-order valence-electron chi connectivity index (χ3n) is 6.48. The number of piperidine rings is 1. The highest BCUT2D eigenvalue weighted by Gasteiger charge is 2.29. The van der Waals surface area contributed by atoms with Crippen molar-refractivity contribution in [1.29, 1.82) is 0 Å². The minimum atomic E-state index is 0.0570. The lowest BCUT2D eigenvalue weighted by Gasteiger charge is -2.40. The molecule has 0 aliphatic carbocycles. The monoisotopic (exact) mass is 408 g/mol. The van der Waals surface area contributed by atoms with E-state index in [1.54, 1.807) is 7.11 Å². The number of ether oxygens (including phenoxy) is 2. The molecule has 30 heavy (non-hydrogen) atoms. The van der Waals surface area contributed by atoms with Crippen molar-refractivity contribution in [3.05, 3.63) is 65.7 Å². The Bertz CT molecular complexity index is 795. The fourth-order valence-electron chi connectivity index (χ4n) is 4.68. The van der Waals surface area contributed by atoms with E-state index in [2.05, 4.69) is 34.1 Å².